The fourth-order valence-corrected chi connectivity index (χ4v) is 8.74. The molecule has 0 N–H and O–H groups in total. The van der Waals surface area contributed by atoms with E-state index in [1.165, 1.54) is 5.56 Å². The summed E-state index contributed by atoms with van der Waals surface area (Å²) >= 11 is 0. The molecule has 12 aromatic rings. The number of rotatable bonds is 4. The van der Waals surface area contributed by atoms with E-state index in [2.05, 4.69) is 173 Å². The van der Waals surface area contributed by atoms with Gasteiger partial charge in [0, 0.05) is 43.6 Å². The van der Waals surface area contributed by atoms with Gasteiger partial charge in [0.2, 0.25) is 5.95 Å². The number of hydrogen-bond acceptors (Lipinski definition) is 3. The summed E-state index contributed by atoms with van der Waals surface area (Å²) in [4.78, 5) is 10.6. The lowest BCUT2D eigenvalue weighted by molar-refractivity contribution is 0.673. The van der Waals surface area contributed by atoms with Crippen LogP contribution < -0.4 is 0 Å². The molecule has 4 aromatic heterocycles. The molecule has 0 bridgehead atoms. The van der Waals surface area contributed by atoms with Gasteiger partial charge in [0.25, 0.3) is 0 Å². The third-order valence-corrected chi connectivity index (χ3v) is 11.1. The average Bonchev–Trinajstić information content (AvgIpc) is 3.91. The molecule has 256 valence electrons. The Morgan fingerprint density at radius 1 is 0.400 bits per heavy atom. The van der Waals surface area contributed by atoms with Crippen LogP contribution in [-0.2, 0) is 0 Å². The van der Waals surface area contributed by atoms with Crippen molar-refractivity contribution in [2.45, 2.75) is 0 Å². The van der Waals surface area contributed by atoms with Crippen LogP contribution >= 0.6 is 0 Å². The van der Waals surface area contributed by atoms with Crippen molar-refractivity contribution >= 4 is 76.5 Å². The topological polar surface area (TPSA) is 48.8 Å². The third-order valence-electron chi connectivity index (χ3n) is 11.1. The highest BCUT2D eigenvalue weighted by atomic mass is 16.3. The summed E-state index contributed by atoms with van der Waals surface area (Å²) in [5, 5.41) is 7.74. The molecule has 0 unspecified atom stereocenters. The van der Waals surface area contributed by atoms with E-state index >= 15 is 0 Å². The van der Waals surface area contributed by atoms with Gasteiger partial charge in [-0.1, -0.05) is 127 Å². The van der Waals surface area contributed by atoms with Crippen LogP contribution in [-0.4, -0.2) is 19.1 Å². The maximum Gasteiger partial charge on any atom is 0.235 e. The molecule has 12 rings (SSSR count). The van der Waals surface area contributed by atoms with Crippen molar-refractivity contribution in [2.24, 2.45) is 0 Å². The molecule has 0 aliphatic rings. The second-order valence-corrected chi connectivity index (χ2v) is 14.2. The summed E-state index contributed by atoms with van der Waals surface area (Å²) in [6, 6.07) is 64.1. The van der Waals surface area contributed by atoms with E-state index in [9.17, 15) is 0 Å². The van der Waals surface area contributed by atoms with Crippen LogP contribution in [0.3, 0.4) is 0 Å². The molecule has 0 saturated heterocycles. The lowest BCUT2D eigenvalue weighted by Crippen LogP contribution is -2.03. The molecule has 4 heterocycles. The molecule has 0 saturated carbocycles. The van der Waals surface area contributed by atoms with Gasteiger partial charge in [-0.25, -0.2) is 9.97 Å². The largest absolute Gasteiger partial charge is 0.455 e. The van der Waals surface area contributed by atoms with Crippen LogP contribution in [0.15, 0.2) is 186 Å². The molecule has 0 radical (unpaired) electrons. The van der Waals surface area contributed by atoms with E-state index in [-0.39, 0.29) is 0 Å². The summed E-state index contributed by atoms with van der Waals surface area (Å²) < 4.78 is 11.4. The van der Waals surface area contributed by atoms with Crippen LogP contribution in [0.5, 0.6) is 0 Å². The van der Waals surface area contributed by atoms with Crippen molar-refractivity contribution in [3.8, 4) is 34.0 Å². The molecule has 0 fully saturated rings. The summed E-state index contributed by atoms with van der Waals surface area (Å²) in [6.45, 7) is 0. The van der Waals surface area contributed by atoms with E-state index in [4.69, 9.17) is 14.4 Å². The summed E-state index contributed by atoms with van der Waals surface area (Å²) in [5.74, 6) is 0.636. The second-order valence-electron chi connectivity index (χ2n) is 14.2. The van der Waals surface area contributed by atoms with E-state index in [0.29, 0.717) is 5.95 Å². The highest BCUT2D eigenvalue weighted by Gasteiger charge is 2.25. The quantitative estimate of drug-likeness (QED) is 0.183. The zero-order chi connectivity index (χ0) is 36.0. The first-order valence-corrected chi connectivity index (χ1v) is 18.6. The van der Waals surface area contributed by atoms with Crippen molar-refractivity contribution in [1.82, 2.24) is 19.1 Å². The molecular weight excluding hydrogens is 673 g/mol. The predicted octanol–water partition coefficient (Wildman–Crippen LogP) is 13.1. The zero-order valence-electron chi connectivity index (χ0n) is 29.5. The zero-order valence-corrected chi connectivity index (χ0v) is 29.5. The Labute approximate surface area is 315 Å². The first kappa shape index (κ1) is 30.0. The summed E-state index contributed by atoms with van der Waals surface area (Å²) in [6.07, 6.45) is 0. The van der Waals surface area contributed by atoms with Crippen molar-refractivity contribution in [1.29, 1.82) is 0 Å². The van der Waals surface area contributed by atoms with Gasteiger partial charge in [-0.2, -0.15) is 0 Å². The van der Waals surface area contributed by atoms with Crippen LogP contribution in [0.2, 0.25) is 0 Å². The van der Waals surface area contributed by atoms with Crippen molar-refractivity contribution in [3.05, 3.63) is 182 Å². The van der Waals surface area contributed by atoms with E-state index < -0.39 is 0 Å². The predicted molar refractivity (Wildman–Crippen MR) is 226 cm³/mol. The maximum absolute atomic E-state index is 6.75. The molecular formula is C50H30N4O. The SMILES string of the molecule is c1ccc(-c2cccc(-n3c4ccc5c6ccccc6oc5c4c4ccc5c(c6ccccc6n5-c5nc(-c6ccccc6)c6ccccc6n5)c43)c2)cc1. The molecule has 8 aromatic carbocycles. The van der Waals surface area contributed by atoms with Crippen LogP contribution in [0.4, 0.5) is 0 Å². The third kappa shape index (κ3) is 4.35. The number of benzene rings is 8. The fraction of sp³-hybridized carbons (Fsp3) is 0. The Morgan fingerprint density at radius 2 is 1.05 bits per heavy atom. The first-order chi connectivity index (χ1) is 27.3. The molecule has 0 spiro atoms. The van der Waals surface area contributed by atoms with Gasteiger partial charge in [0.15, 0.2) is 0 Å². The van der Waals surface area contributed by atoms with E-state index in [1.807, 2.05) is 18.2 Å². The highest BCUT2D eigenvalue weighted by molar-refractivity contribution is 6.31. The summed E-state index contributed by atoms with van der Waals surface area (Å²) in [5.41, 5.74) is 12.3. The Kier molecular flexibility index (Phi) is 6.27. The second kappa shape index (κ2) is 11.5. The normalized spacial score (nSPS) is 12.0. The number of para-hydroxylation sites is 3. The Bertz CT molecular complexity index is 3480. The number of furan rings is 1. The lowest BCUT2D eigenvalue weighted by Gasteiger charge is -2.12. The van der Waals surface area contributed by atoms with Gasteiger partial charge in [-0.05, 0) is 65.7 Å². The Morgan fingerprint density at radius 3 is 1.89 bits per heavy atom. The lowest BCUT2D eigenvalue weighted by atomic mass is 10.0. The minimum atomic E-state index is 0.636. The molecule has 55 heavy (non-hydrogen) atoms. The van der Waals surface area contributed by atoms with Crippen LogP contribution in [0, 0.1) is 0 Å². The van der Waals surface area contributed by atoms with Gasteiger partial charge in [-0.15, -0.1) is 0 Å². The van der Waals surface area contributed by atoms with Crippen LogP contribution in [0.1, 0.15) is 0 Å². The van der Waals surface area contributed by atoms with Crippen molar-refractivity contribution in [3.63, 3.8) is 0 Å². The van der Waals surface area contributed by atoms with Gasteiger partial charge in [0.05, 0.1) is 38.7 Å². The van der Waals surface area contributed by atoms with E-state index in [0.717, 1.165) is 99.0 Å². The standard InChI is InChI=1S/C50H30N4O/c1-3-14-31(15-4-1)33-18-13-19-34(30-33)53-43-28-26-36-35-20-9-12-25-44(35)55-49(36)46(43)39-27-29-42-45(48(39)53)38-22-8-11-24-41(38)54(42)50-51-40-23-10-7-21-37(40)47(52-50)32-16-5-2-6-17-32/h1-30H. The maximum atomic E-state index is 6.75. The van der Waals surface area contributed by atoms with Gasteiger partial charge in [0.1, 0.15) is 11.2 Å². The van der Waals surface area contributed by atoms with Gasteiger partial charge >= 0.3 is 0 Å². The number of aromatic nitrogens is 4. The van der Waals surface area contributed by atoms with E-state index in [1.54, 1.807) is 0 Å². The van der Waals surface area contributed by atoms with Gasteiger partial charge < -0.3 is 8.98 Å². The first-order valence-electron chi connectivity index (χ1n) is 18.6. The number of hydrogen-bond donors (Lipinski definition) is 0. The van der Waals surface area contributed by atoms with Gasteiger partial charge in [-0.3, -0.25) is 4.57 Å². The average molecular weight is 703 g/mol. The molecule has 5 heteroatoms. The molecule has 5 nitrogen and oxygen atoms in total. The van der Waals surface area contributed by atoms with Crippen LogP contribution in [0.25, 0.3) is 110 Å². The summed E-state index contributed by atoms with van der Waals surface area (Å²) in [7, 11) is 0. The Balaban J connectivity index is 1.24. The smallest absolute Gasteiger partial charge is 0.235 e. The monoisotopic (exact) mass is 702 g/mol. The minimum Gasteiger partial charge on any atom is -0.455 e. The highest BCUT2D eigenvalue weighted by Crippen LogP contribution is 2.45. The number of nitrogens with zero attached hydrogens (tertiary/aromatic N) is 4. The molecule has 0 aliphatic carbocycles. The number of fused-ring (bicyclic) bond motifs is 12. The van der Waals surface area contributed by atoms with Crippen molar-refractivity contribution in [2.75, 3.05) is 0 Å². The molecule has 0 amide bonds. The van der Waals surface area contributed by atoms with Crippen molar-refractivity contribution < 1.29 is 4.42 Å². The Hall–Kier alpha value is -7.50. The molecule has 0 atom stereocenters. The molecule has 0 aliphatic heterocycles. The fourth-order valence-electron chi connectivity index (χ4n) is 8.74. The minimum absolute atomic E-state index is 0.636.